The average molecular weight is 344 g/mol. The molecule has 2 aromatic rings. The van der Waals surface area contributed by atoms with Gasteiger partial charge in [-0.3, -0.25) is 4.98 Å². The molecule has 0 unspecified atom stereocenters. The fraction of sp³-hybridized carbons (Fsp3) is 0.444. The van der Waals surface area contributed by atoms with Gasteiger partial charge in [0.25, 0.3) is 0 Å². The highest BCUT2D eigenvalue weighted by atomic mass is 32.1. The third kappa shape index (κ3) is 3.16. The summed E-state index contributed by atoms with van der Waals surface area (Å²) in [7, 11) is 1.72. The number of nitrogens with zero attached hydrogens (tertiary/aromatic N) is 3. The lowest BCUT2D eigenvalue weighted by atomic mass is 10.0. The molecule has 1 aliphatic rings. The summed E-state index contributed by atoms with van der Waals surface area (Å²) in [4.78, 5) is 6.77. The quantitative estimate of drug-likeness (QED) is 0.816. The molecule has 6 heteroatoms. The van der Waals surface area contributed by atoms with Crippen molar-refractivity contribution in [3.05, 3.63) is 54.1 Å². The van der Waals surface area contributed by atoms with Gasteiger partial charge < -0.3 is 19.5 Å². The first-order valence-corrected chi connectivity index (χ1v) is 8.68. The molecule has 5 nitrogen and oxygen atoms in total. The zero-order valence-corrected chi connectivity index (χ0v) is 15.2. The predicted molar refractivity (Wildman–Crippen MR) is 98.9 cm³/mol. The fourth-order valence-electron chi connectivity index (χ4n) is 3.29. The number of rotatable bonds is 6. The highest BCUT2D eigenvalue weighted by Crippen LogP contribution is 2.39. The van der Waals surface area contributed by atoms with Crippen LogP contribution in [0.15, 0.2) is 42.7 Å². The Morgan fingerprint density at radius 3 is 2.79 bits per heavy atom. The maximum Gasteiger partial charge on any atom is 0.170 e. The molecule has 0 amide bonds. The summed E-state index contributed by atoms with van der Waals surface area (Å²) in [6.07, 6.45) is 3.96. The number of hydrogen-bond donors (Lipinski definition) is 1. The summed E-state index contributed by atoms with van der Waals surface area (Å²) in [5, 5.41) is 4.21. The summed E-state index contributed by atoms with van der Waals surface area (Å²) < 4.78 is 7.59. The number of ether oxygens (including phenoxy) is 1. The van der Waals surface area contributed by atoms with Crippen molar-refractivity contribution in [2.45, 2.75) is 32.0 Å². The molecular formula is C18H24N4OS. The summed E-state index contributed by atoms with van der Waals surface area (Å²) in [6, 6.07) is 10.8. The van der Waals surface area contributed by atoms with E-state index in [9.17, 15) is 0 Å². The Balaban J connectivity index is 2.02. The fourth-order valence-corrected chi connectivity index (χ4v) is 3.62. The molecule has 0 spiro atoms. The van der Waals surface area contributed by atoms with E-state index in [4.69, 9.17) is 17.0 Å². The molecule has 24 heavy (non-hydrogen) atoms. The van der Waals surface area contributed by atoms with E-state index in [1.54, 1.807) is 7.11 Å². The van der Waals surface area contributed by atoms with Crippen molar-refractivity contribution in [3.8, 4) is 0 Å². The van der Waals surface area contributed by atoms with Gasteiger partial charge >= 0.3 is 0 Å². The van der Waals surface area contributed by atoms with Crippen LogP contribution in [-0.4, -0.2) is 39.8 Å². The van der Waals surface area contributed by atoms with Gasteiger partial charge in [-0.2, -0.15) is 0 Å². The maximum atomic E-state index is 5.61. The van der Waals surface area contributed by atoms with E-state index in [2.05, 4.69) is 58.0 Å². The highest BCUT2D eigenvalue weighted by Gasteiger charge is 2.40. The molecule has 0 aliphatic carbocycles. The SMILES string of the molecule is COCCN1C(=S)N[C@H](c2ccccn2)[C@H]1c1cccn1C(C)C. The maximum absolute atomic E-state index is 5.61. The molecule has 1 saturated heterocycles. The summed E-state index contributed by atoms with van der Waals surface area (Å²) in [6.45, 7) is 5.77. The standard InChI is InChI=1S/C18H24N4OS/c1-13(2)21-10-6-8-15(21)17-16(14-7-4-5-9-19-14)20-18(24)22(17)11-12-23-3/h4-10,13,16-17H,11-12H2,1-3H3,(H,20,24)/t16-,17-/m1/s1. The van der Waals surface area contributed by atoms with E-state index in [-0.39, 0.29) is 12.1 Å². The number of thiocarbonyl (C=S) groups is 1. The van der Waals surface area contributed by atoms with Crippen molar-refractivity contribution in [2.24, 2.45) is 0 Å². The molecule has 2 aromatic heterocycles. The lowest BCUT2D eigenvalue weighted by Gasteiger charge is -2.29. The van der Waals surface area contributed by atoms with Crippen LogP contribution < -0.4 is 5.32 Å². The molecule has 1 aliphatic heterocycles. The Morgan fingerprint density at radius 2 is 2.12 bits per heavy atom. The van der Waals surface area contributed by atoms with Gasteiger partial charge in [-0.1, -0.05) is 6.07 Å². The second kappa shape index (κ2) is 7.32. The summed E-state index contributed by atoms with van der Waals surface area (Å²) in [5.41, 5.74) is 2.24. The van der Waals surface area contributed by atoms with E-state index in [0.717, 1.165) is 17.4 Å². The number of nitrogens with one attached hydrogen (secondary N) is 1. The first-order chi connectivity index (χ1) is 11.6. The molecule has 1 fully saturated rings. The van der Waals surface area contributed by atoms with E-state index < -0.39 is 0 Å². The normalized spacial score (nSPS) is 20.7. The minimum Gasteiger partial charge on any atom is -0.383 e. The number of hydrogen-bond acceptors (Lipinski definition) is 3. The topological polar surface area (TPSA) is 42.3 Å². The van der Waals surface area contributed by atoms with Crippen LogP contribution in [0.25, 0.3) is 0 Å². The highest BCUT2D eigenvalue weighted by molar-refractivity contribution is 7.80. The number of aromatic nitrogens is 2. The third-order valence-corrected chi connectivity index (χ3v) is 4.76. The van der Waals surface area contributed by atoms with Gasteiger partial charge in [0, 0.05) is 37.8 Å². The van der Waals surface area contributed by atoms with E-state index in [1.807, 2.05) is 18.3 Å². The lowest BCUT2D eigenvalue weighted by Crippen LogP contribution is -2.33. The molecule has 3 heterocycles. The van der Waals surface area contributed by atoms with Gasteiger partial charge in [-0.15, -0.1) is 0 Å². The van der Waals surface area contributed by atoms with Crippen LogP contribution in [0.3, 0.4) is 0 Å². The van der Waals surface area contributed by atoms with Crippen molar-refractivity contribution in [3.63, 3.8) is 0 Å². The van der Waals surface area contributed by atoms with Crippen molar-refractivity contribution in [1.29, 1.82) is 0 Å². The van der Waals surface area contributed by atoms with Crippen LogP contribution >= 0.6 is 12.2 Å². The zero-order chi connectivity index (χ0) is 17.1. The molecule has 1 N–H and O–H groups in total. The second-order valence-corrected chi connectivity index (χ2v) is 6.63. The number of pyridine rings is 1. The van der Waals surface area contributed by atoms with Crippen molar-refractivity contribution >= 4 is 17.3 Å². The number of methoxy groups -OCH3 is 1. The van der Waals surface area contributed by atoms with Crippen LogP contribution in [0, 0.1) is 0 Å². The van der Waals surface area contributed by atoms with Gasteiger partial charge in [0.15, 0.2) is 5.11 Å². The smallest absolute Gasteiger partial charge is 0.170 e. The Kier molecular flexibility index (Phi) is 5.16. The van der Waals surface area contributed by atoms with Gasteiger partial charge in [0.2, 0.25) is 0 Å². The van der Waals surface area contributed by atoms with Crippen LogP contribution in [0.1, 0.15) is 43.4 Å². The van der Waals surface area contributed by atoms with Gasteiger partial charge in [-0.05, 0) is 50.3 Å². The summed E-state index contributed by atoms with van der Waals surface area (Å²) >= 11 is 5.61. The van der Waals surface area contributed by atoms with E-state index in [0.29, 0.717) is 12.6 Å². The lowest BCUT2D eigenvalue weighted by molar-refractivity contribution is 0.162. The Labute approximate surface area is 148 Å². The molecule has 0 aromatic carbocycles. The van der Waals surface area contributed by atoms with Crippen molar-refractivity contribution in [1.82, 2.24) is 19.8 Å². The van der Waals surface area contributed by atoms with Gasteiger partial charge in [0.1, 0.15) is 0 Å². The summed E-state index contributed by atoms with van der Waals surface area (Å²) in [5.74, 6) is 0. The molecule has 3 rings (SSSR count). The van der Waals surface area contributed by atoms with Gasteiger partial charge in [0.05, 0.1) is 24.4 Å². The first-order valence-electron chi connectivity index (χ1n) is 8.27. The minimum atomic E-state index is 0.0305. The average Bonchev–Trinajstić information content (AvgIpc) is 3.18. The van der Waals surface area contributed by atoms with E-state index in [1.165, 1.54) is 5.69 Å². The minimum absolute atomic E-state index is 0.0305. The Morgan fingerprint density at radius 1 is 1.29 bits per heavy atom. The molecule has 128 valence electrons. The zero-order valence-electron chi connectivity index (χ0n) is 14.3. The molecular weight excluding hydrogens is 320 g/mol. The second-order valence-electron chi connectivity index (χ2n) is 6.25. The van der Waals surface area contributed by atoms with Gasteiger partial charge in [-0.25, -0.2) is 0 Å². The monoisotopic (exact) mass is 344 g/mol. The predicted octanol–water partition coefficient (Wildman–Crippen LogP) is 3.08. The molecule has 2 atom stereocenters. The van der Waals surface area contributed by atoms with Crippen molar-refractivity contribution < 1.29 is 4.74 Å². The Bertz CT molecular complexity index is 685. The Hall–Kier alpha value is -1.92. The molecule has 0 radical (unpaired) electrons. The first kappa shape index (κ1) is 16.9. The van der Waals surface area contributed by atoms with E-state index >= 15 is 0 Å². The van der Waals surface area contributed by atoms with Crippen LogP contribution in [-0.2, 0) is 4.74 Å². The third-order valence-electron chi connectivity index (χ3n) is 4.41. The van der Waals surface area contributed by atoms with Crippen LogP contribution in [0.2, 0.25) is 0 Å². The largest absolute Gasteiger partial charge is 0.383 e. The van der Waals surface area contributed by atoms with Crippen LogP contribution in [0.5, 0.6) is 0 Å². The molecule has 0 saturated carbocycles. The van der Waals surface area contributed by atoms with Crippen LogP contribution in [0.4, 0.5) is 0 Å². The molecule has 0 bridgehead atoms. The van der Waals surface area contributed by atoms with Crippen molar-refractivity contribution in [2.75, 3.05) is 20.3 Å².